The van der Waals surface area contributed by atoms with Gasteiger partial charge in [-0.1, -0.05) is 65.4 Å². The summed E-state index contributed by atoms with van der Waals surface area (Å²) < 4.78 is 13.2. The highest BCUT2D eigenvalue weighted by molar-refractivity contribution is 7.07. The molecule has 1 aliphatic rings. The number of thiazole rings is 1. The van der Waals surface area contributed by atoms with Crippen LogP contribution < -0.4 is 19.6 Å². The maximum Gasteiger partial charge on any atom is 0.338 e. The van der Waals surface area contributed by atoms with Gasteiger partial charge in [-0.05, 0) is 61.4 Å². The molecule has 0 bridgehead atoms. The molecule has 0 N–H and O–H groups in total. The van der Waals surface area contributed by atoms with Crippen LogP contribution in [-0.4, -0.2) is 17.1 Å². The van der Waals surface area contributed by atoms with E-state index in [1.165, 1.54) is 11.3 Å². The van der Waals surface area contributed by atoms with Crippen molar-refractivity contribution in [1.29, 1.82) is 5.26 Å². The van der Waals surface area contributed by atoms with E-state index in [-0.39, 0.29) is 18.8 Å². The minimum absolute atomic E-state index is 0.206. The van der Waals surface area contributed by atoms with E-state index in [0.717, 1.165) is 16.7 Å². The number of hydrogen-bond donors (Lipinski definition) is 0. The number of rotatable bonds is 7. The fourth-order valence-electron chi connectivity index (χ4n) is 4.48. The Kier molecular flexibility index (Phi) is 7.96. The van der Waals surface area contributed by atoms with Gasteiger partial charge in [-0.3, -0.25) is 9.36 Å². The highest BCUT2D eigenvalue weighted by Gasteiger charge is 2.33. The van der Waals surface area contributed by atoms with Crippen molar-refractivity contribution in [3.8, 4) is 11.8 Å². The second kappa shape index (κ2) is 11.7. The third kappa shape index (κ3) is 5.48. The molecular formula is C31H24ClN3O4S. The number of benzene rings is 3. The van der Waals surface area contributed by atoms with E-state index in [1.54, 1.807) is 54.8 Å². The van der Waals surface area contributed by atoms with Crippen molar-refractivity contribution >= 4 is 35.0 Å². The molecule has 0 amide bonds. The maximum atomic E-state index is 13.7. The molecule has 2 heterocycles. The van der Waals surface area contributed by atoms with E-state index in [9.17, 15) is 14.9 Å². The van der Waals surface area contributed by atoms with Crippen molar-refractivity contribution < 1.29 is 14.3 Å². The number of nitriles is 1. The number of fused-ring (bicyclic) bond motifs is 1. The van der Waals surface area contributed by atoms with Crippen molar-refractivity contribution in [2.75, 3.05) is 6.61 Å². The van der Waals surface area contributed by atoms with Crippen LogP contribution in [0.15, 0.2) is 93.9 Å². The Labute approximate surface area is 239 Å². The molecule has 9 heteroatoms. The van der Waals surface area contributed by atoms with Crippen LogP contribution in [-0.2, 0) is 16.1 Å². The van der Waals surface area contributed by atoms with Crippen LogP contribution in [0, 0.1) is 11.3 Å². The summed E-state index contributed by atoms with van der Waals surface area (Å²) in [6.07, 6.45) is 1.79. The summed E-state index contributed by atoms with van der Waals surface area (Å²) in [5.41, 5.74) is 3.49. The number of aromatic nitrogens is 1. The van der Waals surface area contributed by atoms with E-state index in [1.807, 2.05) is 42.5 Å². The second-order valence-corrected chi connectivity index (χ2v) is 10.4. The number of carbonyl (C=O) groups excluding carboxylic acids is 1. The molecule has 0 saturated heterocycles. The largest absolute Gasteiger partial charge is 0.489 e. The van der Waals surface area contributed by atoms with Gasteiger partial charge >= 0.3 is 5.97 Å². The summed E-state index contributed by atoms with van der Waals surface area (Å²) in [4.78, 5) is 31.8. The zero-order valence-corrected chi connectivity index (χ0v) is 23.3. The fourth-order valence-corrected chi connectivity index (χ4v) is 5.65. The Hall–Kier alpha value is -4.45. The third-order valence-electron chi connectivity index (χ3n) is 6.41. The van der Waals surface area contributed by atoms with Crippen molar-refractivity contribution in [3.63, 3.8) is 0 Å². The molecule has 5 rings (SSSR count). The third-order valence-corrected chi connectivity index (χ3v) is 7.65. The molecule has 200 valence electrons. The average molecular weight is 570 g/mol. The number of ether oxygens (including phenoxy) is 2. The number of allylic oxidation sites excluding steroid dienone is 1. The minimum atomic E-state index is -0.693. The normalized spacial score (nSPS) is 14.8. The molecule has 40 heavy (non-hydrogen) atoms. The zero-order chi connectivity index (χ0) is 28.2. The van der Waals surface area contributed by atoms with Crippen molar-refractivity contribution in [1.82, 2.24) is 4.57 Å². The van der Waals surface area contributed by atoms with Crippen LogP contribution in [0.3, 0.4) is 0 Å². The number of hydrogen-bond acceptors (Lipinski definition) is 7. The van der Waals surface area contributed by atoms with E-state index in [0.29, 0.717) is 36.9 Å². The summed E-state index contributed by atoms with van der Waals surface area (Å²) in [5, 5.41) is 9.83. The van der Waals surface area contributed by atoms with Gasteiger partial charge in [0.1, 0.15) is 12.4 Å². The SMILES string of the molecule is CCOC(=O)C1=C(C)N=c2s/c(=C/c3ccc(OCc4ccccc4C#N)cc3)c(=O)n2[C@H]1c1ccc(Cl)cc1. The molecule has 1 atom stereocenters. The summed E-state index contributed by atoms with van der Waals surface area (Å²) in [6.45, 7) is 3.97. The zero-order valence-electron chi connectivity index (χ0n) is 21.8. The molecule has 0 radical (unpaired) electrons. The number of nitrogens with zero attached hydrogens (tertiary/aromatic N) is 3. The molecule has 1 aromatic heterocycles. The van der Waals surface area contributed by atoms with Crippen molar-refractivity contribution in [3.05, 3.63) is 131 Å². The monoisotopic (exact) mass is 569 g/mol. The first-order valence-corrected chi connectivity index (χ1v) is 13.7. The first-order valence-electron chi connectivity index (χ1n) is 12.6. The smallest absolute Gasteiger partial charge is 0.338 e. The number of esters is 1. The van der Waals surface area contributed by atoms with Gasteiger partial charge in [-0.25, -0.2) is 9.79 Å². The molecule has 0 fully saturated rings. The summed E-state index contributed by atoms with van der Waals surface area (Å²) in [7, 11) is 0. The van der Waals surface area contributed by atoms with Crippen LogP contribution >= 0.6 is 22.9 Å². The van der Waals surface area contributed by atoms with E-state index < -0.39 is 12.0 Å². The lowest BCUT2D eigenvalue weighted by atomic mass is 9.96. The van der Waals surface area contributed by atoms with Crippen molar-refractivity contribution in [2.45, 2.75) is 26.5 Å². The van der Waals surface area contributed by atoms with Crippen LogP contribution in [0.1, 0.15) is 42.1 Å². The molecule has 1 aliphatic heterocycles. The second-order valence-electron chi connectivity index (χ2n) is 8.98. The summed E-state index contributed by atoms with van der Waals surface area (Å²) >= 11 is 7.37. The average Bonchev–Trinajstić information content (AvgIpc) is 3.26. The van der Waals surface area contributed by atoms with Gasteiger partial charge in [0, 0.05) is 10.6 Å². The summed E-state index contributed by atoms with van der Waals surface area (Å²) in [5.74, 6) is 0.134. The predicted octanol–water partition coefficient (Wildman–Crippen LogP) is 4.90. The predicted molar refractivity (Wildman–Crippen MR) is 154 cm³/mol. The summed E-state index contributed by atoms with van der Waals surface area (Å²) in [6, 6.07) is 23.2. The lowest BCUT2D eigenvalue weighted by Crippen LogP contribution is -2.39. The lowest BCUT2D eigenvalue weighted by Gasteiger charge is -2.24. The fraction of sp³-hybridized carbons (Fsp3) is 0.161. The Morgan fingerprint density at radius 1 is 1.12 bits per heavy atom. The van der Waals surface area contributed by atoms with Crippen molar-refractivity contribution in [2.24, 2.45) is 4.99 Å². The Morgan fingerprint density at radius 2 is 1.85 bits per heavy atom. The Bertz CT molecular complexity index is 1830. The molecular weight excluding hydrogens is 546 g/mol. The molecule has 0 spiro atoms. The van der Waals surface area contributed by atoms with Gasteiger partial charge in [0.2, 0.25) is 0 Å². The van der Waals surface area contributed by atoms with Crippen LogP contribution in [0.2, 0.25) is 5.02 Å². The van der Waals surface area contributed by atoms with Gasteiger partial charge in [0.05, 0.1) is 40.1 Å². The van der Waals surface area contributed by atoms with Gasteiger partial charge in [0.15, 0.2) is 4.80 Å². The number of carbonyl (C=O) groups is 1. The maximum absolute atomic E-state index is 13.7. The molecule has 4 aromatic rings. The minimum Gasteiger partial charge on any atom is -0.489 e. The topological polar surface area (TPSA) is 93.7 Å². The van der Waals surface area contributed by atoms with Crippen LogP contribution in [0.25, 0.3) is 6.08 Å². The first kappa shape index (κ1) is 27.1. The Morgan fingerprint density at radius 3 is 2.55 bits per heavy atom. The van der Waals surface area contributed by atoms with E-state index in [4.69, 9.17) is 21.1 Å². The molecule has 0 aliphatic carbocycles. The molecule has 3 aromatic carbocycles. The van der Waals surface area contributed by atoms with Crippen LogP contribution in [0.5, 0.6) is 5.75 Å². The van der Waals surface area contributed by atoms with Gasteiger partial charge < -0.3 is 9.47 Å². The Balaban J connectivity index is 1.49. The lowest BCUT2D eigenvalue weighted by molar-refractivity contribution is -0.139. The number of halogens is 1. The highest BCUT2D eigenvalue weighted by Crippen LogP contribution is 2.31. The van der Waals surface area contributed by atoms with Gasteiger partial charge in [0.25, 0.3) is 5.56 Å². The van der Waals surface area contributed by atoms with Gasteiger partial charge in [-0.15, -0.1) is 0 Å². The van der Waals surface area contributed by atoms with E-state index in [2.05, 4.69) is 11.1 Å². The highest BCUT2D eigenvalue weighted by atomic mass is 35.5. The molecule has 0 saturated carbocycles. The van der Waals surface area contributed by atoms with Crippen LogP contribution in [0.4, 0.5) is 0 Å². The first-order chi connectivity index (χ1) is 19.4. The van der Waals surface area contributed by atoms with E-state index >= 15 is 0 Å². The molecule has 7 nitrogen and oxygen atoms in total. The molecule has 0 unspecified atom stereocenters. The van der Waals surface area contributed by atoms with Gasteiger partial charge in [-0.2, -0.15) is 5.26 Å². The standard InChI is InChI=1S/C31H24ClN3O4S/c1-3-38-30(37)27-19(2)34-31-35(28(27)21-10-12-24(32)13-11-21)29(36)26(40-31)16-20-8-14-25(15-9-20)39-18-23-7-5-4-6-22(23)17-33/h4-16,28H,3,18H2,1-2H3/b26-16+/t28-/m0/s1. The quantitative estimate of drug-likeness (QED) is 0.295.